The number of hydrogen-bond acceptors (Lipinski definition) is 3. The van der Waals surface area contributed by atoms with Gasteiger partial charge in [-0.15, -0.1) is 0 Å². The molecule has 0 aliphatic rings. The molecule has 0 unspecified atom stereocenters. The number of sulfonamides is 1. The number of rotatable bonds is 5. The number of aryl methyl sites for hydroxylation is 1. The van der Waals surface area contributed by atoms with Gasteiger partial charge in [0.25, 0.3) is 10.0 Å². The van der Waals surface area contributed by atoms with Crippen LogP contribution in [0.2, 0.25) is 5.02 Å². The Bertz CT molecular complexity index is 744. The molecule has 0 atom stereocenters. The van der Waals surface area contributed by atoms with Crippen LogP contribution in [0, 0.1) is 0 Å². The first kappa shape index (κ1) is 15.8. The lowest BCUT2D eigenvalue weighted by Crippen LogP contribution is -2.13. The summed E-state index contributed by atoms with van der Waals surface area (Å²) in [7, 11) is -3.70. The van der Waals surface area contributed by atoms with Crippen molar-refractivity contribution in [1.82, 2.24) is 0 Å². The summed E-state index contributed by atoms with van der Waals surface area (Å²) in [6, 6.07) is 11.5. The smallest absolute Gasteiger partial charge is 0.261 e. The Kier molecular flexibility index (Phi) is 4.88. The van der Waals surface area contributed by atoms with E-state index in [9.17, 15) is 8.42 Å². The Balaban J connectivity index is 2.31. The second-order valence-corrected chi connectivity index (χ2v) is 6.66. The summed E-state index contributed by atoms with van der Waals surface area (Å²) in [6.07, 6.45) is 0.826. The lowest BCUT2D eigenvalue weighted by Gasteiger charge is -2.10. The lowest BCUT2D eigenvalue weighted by molar-refractivity contribution is 0.282. The average Bonchev–Trinajstić information content (AvgIpc) is 2.47. The maximum atomic E-state index is 12.3. The van der Waals surface area contributed by atoms with E-state index < -0.39 is 10.0 Å². The molecule has 2 aromatic rings. The highest BCUT2D eigenvalue weighted by Crippen LogP contribution is 2.23. The molecule has 0 heterocycles. The average molecular weight is 326 g/mol. The molecule has 0 amide bonds. The van der Waals surface area contributed by atoms with E-state index in [-0.39, 0.29) is 16.5 Å². The number of aliphatic hydroxyl groups is 1. The molecule has 2 rings (SSSR count). The van der Waals surface area contributed by atoms with Gasteiger partial charge in [-0.1, -0.05) is 36.7 Å². The maximum Gasteiger partial charge on any atom is 0.261 e. The molecule has 4 nitrogen and oxygen atoms in total. The number of benzene rings is 2. The fraction of sp³-hybridized carbons (Fsp3) is 0.200. The van der Waals surface area contributed by atoms with Gasteiger partial charge in [-0.2, -0.15) is 0 Å². The zero-order chi connectivity index (χ0) is 15.5. The van der Waals surface area contributed by atoms with E-state index in [2.05, 4.69) is 4.72 Å². The molecular weight excluding hydrogens is 310 g/mol. The van der Waals surface area contributed by atoms with Crippen LogP contribution < -0.4 is 4.72 Å². The second-order valence-electron chi connectivity index (χ2n) is 4.57. The van der Waals surface area contributed by atoms with Gasteiger partial charge >= 0.3 is 0 Å². The van der Waals surface area contributed by atoms with Crippen molar-refractivity contribution in [2.75, 3.05) is 4.72 Å². The SMILES string of the molecule is CCc1cccc(NS(=O)(=O)c2ccc(CO)c(Cl)c2)c1. The topological polar surface area (TPSA) is 66.4 Å². The van der Waals surface area contributed by atoms with Crippen LogP contribution in [0.3, 0.4) is 0 Å². The van der Waals surface area contributed by atoms with Crippen molar-refractivity contribution in [3.8, 4) is 0 Å². The third kappa shape index (κ3) is 3.75. The predicted molar refractivity (Wildman–Crippen MR) is 84.0 cm³/mol. The predicted octanol–water partition coefficient (Wildman–Crippen LogP) is 3.20. The number of nitrogens with one attached hydrogen (secondary N) is 1. The van der Waals surface area contributed by atoms with Gasteiger partial charge < -0.3 is 5.11 Å². The van der Waals surface area contributed by atoms with E-state index in [0.717, 1.165) is 12.0 Å². The number of halogens is 1. The minimum absolute atomic E-state index is 0.0617. The Labute approximate surface area is 129 Å². The summed E-state index contributed by atoms with van der Waals surface area (Å²) < 4.78 is 27.2. The maximum absolute atomic E-state index is 12.3. The van der Waals surface area contributed by atoms with Crippen LogP contribution in [0.25, 0.3) is 0 Å². The van der Waals surface area contributed by atoms with Crippen LogP contribution in [0.4, 0.5) is 5.69 Å². The molecule has 0 fully saturated rings. The van der Waals surface area contributed by atoms with Crippen molar-refractivity contribution in [2.24, 2.45) is 0 Å². The monoisotopic (exact) mass is 325 g/mol. The fourth-order valence-electron chi connectivity index (χ4n) is 1.89. The third-order valence-electron chi connectivity index (χ3n) is 3.09. The van der Waals surface area contributed by atoms with E-state index in [4.69, 9.17) is 16.7 Å². The molecule has 0 spiro atoms. The molecule has 0 bridgehead atoms. The van der Waals surface area contributed by atoms with Crippen LogP contribution in [0.5, 0.6) is 0 Å². The van der Waals surface area contributed by atoms with Gasteiger partial charge in [-0.25, -0.2) is 8.42 Å². The second kappa shape index (κ2) is 6.47. The molecule has 21 heavy (non-hydrogen) atoms. The molecule has 0 aliphatic heterocycles. The largest absolute Gasteiger partial charge is 0.392 e. The van der Waals surface area contributed by atoms with Gasteiger partial charge in [0.05, 0.1) is 11.5 Å². The number of aliphatic hydroxyl groups excluding tert-OH is 1. The van der Waals surface area contributed by atoms with Crippen molar-refractivity contribution in [2.45, 2.75) is 24.8 Å². The van der Waals surface area contributed by atoms with Crippen molar-refractivity contribution in [3.05, 3.63) is 58.6 Å². The highest BCUT2D eigenvalue weighted by molar-refractivity contribution is 7.92. The summed E-state index contributed by atoms with van der Waals surface area (Å²) in [4.78, 5) is 0.0617. The normalized spacial score (nSPS) is 11.4. The molecule has 0 saturated heterocycles. The summed E-state index contributed by atoms with van der Waals surface area (Å²) in [6.45, 7) is 1.77. The van der Waals surface area contributed by atoms with E-state index >= 15 is 0 Å². The first-order valence-corrected chi connectivity index (χ1v) is 8.33. The Morgan fingerprint density at radius 3 is 2.57 bits per heavy atom. The third-order valence-corrected chi connectivity index (χ3v) is 4.82. The van der Waals surface area contributed by atoms with E-state index in [1.807, 2.05) is 13.0 Å². The number of anilines is 1. The molecule has 2 aromatic carbocycles. The Morgan fingerprint density at radius 2 is 1.95 bits per heavy atom. The summed E-state index contributed by atoms with van der Waals surface area (Å²) >= 11 is 5.93. The summed E-state index contributed by atoms with van der Waals surface area (Å²) in [5.41, 5.74) is 2.05. The first-order chi connectivity index (χ1) is 9.96. The lowest BCUT2D eigenvalue weighted by atomic mass is 10.1. The summed E-state index contributed by atoms with van der Waals surface area (Å²) in [5.74, 6) is 0. The van der Waals surface area contributed by atoms with Gasteiger partial charge in [-0.3, -0.25) is 4.72 Å². The van der Waals surface area contributed by atoms with E-state index in [1.165, 1.54) is 18.2 Å². The molecule has 6 heteroatoms. The van der Waals surface area contributed by atoms with Crippen molar-refractivity contribution < 1.29 is 13.5 Å². The molecule has 0 aliphatic carbocycles. The van der Waals surface area contributed by atoms with Gasteiger partial charge in [0.2, 0.25) is 0 Å². The van der Waals surface area contributed by atoms with Crippen molar-refractivity contribution in [3.63, 3.8) is 0 Å². The first-order valence-electron chi connectivity index (χ1n) is 6.47. The fourth-order valence-corrected chi connectivity index (χ4v) is 3.27. The van der Waals surface area contributed by atoms with Gasteiger partial charge in [0.15, 0.2) is 0 Å². The van der Waals surface area contributed by atoms with Crippen LogP contribution in [-0.2, 0) is 23.1 Å². The van der Waals surface area contributed by atoms with Crippen LogP contribution in [0.15, 0.2) is 47.4 Å². The van der Waals surface area contributed by atoms with Gasteiger partial charge in [0, 0.05) is 10.7 Å². The van der Waals surface area contributed by atoms with Crippen molar-refractivity contribution in [1.29, 1.82) is 0 Å². The molecular formula is C15H16ClNO3S. The van der Waals surface area contributed by atoms with Crippen LogP contribution in [0.1, 0.15) is 18.1 Å². The van der Waals surface area contributed by atoms with E-state index in [0.29, 0.717) is 11.3 Å². The zero-order valence-corrected chi connectivity index (χ0v) is 13.1. The van der Waals surface area contributed by atoms with Crippen LogP contribution >= 0.6 is 11.6 Å². The van der Waals surface area contributed by atoms with Crippen molar-refractivity contribution >= 4 is 27.3 Å². The number of hydrogen-bond donors (Lipinski definition) is 2. The molecule has 0 saturated carbocycles. The minimum Gasteiger partial charge on any atom is -0.392 e. The molecule has 2 N–H and O–H groups in total. The molecule has 0 radical (unpaired) electrons. The Hall–Kier alpha value is -1.56. The van der Waals surface area contributed by atoms with Gasteiger partial charge in [0.1, 0.15) is 0 Å². The quantitative estimate of drug-likeness (QED) is 0.887. The standard InChI is InChI=1S/C15H16ClNO3S/c1-2-11-4-3-5-13(8-11)17-21(19,20)14-7-6-12(10-18)15(16)9-14/h3-9,17-18H,2,10H2,1H3. The zero-order valence-electron chi connectivity index (χ0n) is 11.5. The highest BCUT2D eigenvalue weighted by atomic mass is 35.5. The summed E-state index contributed by atoms with van der Waals surface area (Å²) in [5, 5.41) is 9.28. The Morgan fingerprint density at radius 1 is 1.19 bits per heavy atom. The molecule has 112 valence electrons. The molecule has 0 aromatic heterocycles. The minimum atomic E-state index is -3.70. The van der Waals surface area contributed by atoms with E-state index in [1.54, 1.807) is 18.2 Å². The highest BCUT2D eigenvalue weighted by Gasteiger charge is 2.16. The van der Waals surface area contributed by atoms with Gasteiger partial charge in [-0.05, 0) is 41.8 Å². The van der Waals surface area contributed by atoms with Crippen LogP contribution in [-0.4, -0.2) is 13.5 Å².